The van der Waals surface area contributed by atoms with Gasteiger partial charge in [0.1, 0.15) is 4.99 Å². The van der Waals surface area contributed by atoms with Gasteiger partial charge in [-0.15, -0.1) is 0 Å². The Balaban J connectivity index is 2.08. The second kappa shape index (κ2) is 5.94. The van der Waals surface area contributed by atoms with Gasteiger partial charge in [-0.25, -0.2) is 0 Å². The Labute approximate surface area is 116 Å². The summed E-state index contributed by atoms with van der Waals surface area (Å²) in [5.41, 5.74) is 7.35. The molecule has 92 valence electrons. The van der Waals surface area contributed by atoms with Gasteiger partial charge in [0, 0.05) is 17.4 Å². The Morgan fingerprint density at radius 1 is 1.53 bits per heavy atom. The number of benzene rings is 1. The van der Waals surface area contributed by atoms with Gasteiger partial charge < -0.3 is 11.1 Å². The van der Waals surface area contributed by atoms with Crippen LogP contribution in [0.25, 0.3) is 0 Å². The van der Waals surface area contributed by atoms with E-state index in [9.17, 15) is 0 Å². The van der Waals surface area contributed by atoms with Crippen LogP contribution in [-0.2, 0) is 0 Å². The zero-order valence-electron chi connectivity index (χ0n) is 9.41. The largest absolute Gasteiger partial charge is 0.389 e. The molecule has 5 heteroatoms. The van der Waals surface area contributed by atoms with Crippen LogP contribution in [0.4, 0.5) is 5.69 Å². The Morgan fingerprint density at radius 2 is 2.35 bits per heavy atom. The van der Waals surface area contributed by atoms with Gasteiger partial charge in [0.05, 0.1) is 10.7 Å². The predicted octanol–water partition coefficient (Wildman–Crippen LogP) is 3.28. The van der Waals surface area contributed by atoms with Crippen LogP contribution in [0, 0.1) is 0 Å². The van der Waals surface area contributed by atoms with Crippen LogP contribution in [0.2, 0.25) is 5.02 Å². The van der Waals surface area contributed by atoms with Gasteiger partial charge in [0.2, 0.25) is 0 Å². The highest BCUT2D eigenvalue weighted by atomic mass is 35.5. The minimum absolute atomic E-state index is 0.381. The number of rotatable bonds is 3. The number of nitrogens with two attached hydrogens (primary N) is 1. The molecule has 1 atom stereocenters. The average molecular weight is 287 g/mol. The summed E-state index contributed by atoms with van der Waals surface area (Å²) < 4.78 is 0. The van der Waals surface area contributed by atoms with E-state index in [-0.39, 0.29) is 0 Å². The van der Waals surface area contributed by atoms with Gasteiger partial charge in [-0.1, -0.05) is 23.8 Å². The molecule has 0 radical (unpaired) electrons. The molecule has 0 saturated carbocycles. The molecule has 1 fully saturated rings. The van der Waals surface area contributed by atoms with Crippen LogP contribution >= 0.6 is 35.6 Å². The molecule has 17 heavy (non-hydrogen) atoms. The predicted molar refractivity (Wildman–Crippen MR) is 81.3 cm³/mol. The zero-order chi connectivity index (χ0) is 12.3. The van der Waals surface area contributed by atoms with Crippen molar-refractivity contribution in [1.82, 2.24) is 0 Å². The molecule has 0 amide bonds. The lowest BCUT2D eigenvalue weighted by Gasteiger charge is -2.24. The second-order valence-electron chi connectivity index (χ2n) is 4.12. The smallest absolute Gasteiger partial charge is 0.104 e. The molecule has 1 aromatic rings. The number of nitrogens with one attached hydrogen (secondary N) is 1. The zero-order valence-corrected chi connectivity index (χ0v) is 11.8. The van der Waals surface area contributed by atoms with Gasteiger partial charge >= 0.3 is 0 Å². The van der Waals surface area contributed by atoms with Crippen LogP contribution in [0.5, 0.6) is 0 Å². The van der Waals surface area contributed by atoms with E-state index in [0.29, 0.717) is 16.1 Å². The molecular formula is C12H15ClN2S2. The van der Waals surface area contributed by atoms with Crippen molar-refractivity contribution in [3.8, 4) is 0 Å². The minimum atomic E-state index is 0.381. The highest BCUT2D eigenvalue weighted by Crippen LogP contribution is 2.27. The minimum Gasteiger partial charge on any atom is -0.389 e. The fourth-order valence-corrected chi connectivity index (χ4v) is 3.29. The van der Waals surface area contributed by atoms with Crippen LogP contribution in [-0.4, -0.2) is 22.5 Å². The van der Waals surface area contributed by atoms with E-state index >= 15 is 0 Å². The first kappa shape index (κ1) is 13.0. The third-order valence-electron chi connectivity index (χ3n) is 2.77. The molecule has 2 rings (SSSR count). The highest BCUT2D eigenvalue weighted by Gasteiger charge is 2.14. The van der Waals surface area contributed by atoms with E-state index in [1.165, 1.54) is 18.6 Å². The number of hydrogen-bond acceptors (Lipinski definition) is 3. The summed E-state index contributed by atoms with van der Waals surface area (Å²) in [5, 5.41) is 4.16. The molecule has 1 heterocycles. The highest BCUT2D eigenvalue weighted by molar-refractivity contribution is 7.99. The fraction of sp³-hybridized carbons (Fsp3) is 0.417. The first-order chi connectivity index (χ1) is 8.16. The molecule has 1 aliphatic rings. The standard InChI is InChI=1S/C12H15ClN2S2/c13-10-6-8(12(14)16)3-4-11(10)15-9-2-1-5-17-7-9/h3-4,6,9,15H,1-2,5,7H2,(H2,14,16). The number of anilines is 1. The maximum absolute atomic E-state index is 6.21. The molecule has 0 bridgehead atoms. The van der Waals surface area contributed by atoms with Crippen molar-refractivity contribution in [3.63, 3.8) is 0 Å². The molecule has 1 unspecified atom stereocenters. The molecule has 2 nitrogen and oxygen atoms in total. The van der Waals surface area contributed by atoms with Crippen molar-refractivity contribution in [2.75, 3.05) is 16.8 Å². The quantitative estimate of drug-likeness (QED) is 0.837. The molecular weight excluding hydrogens is 272 g/mol. The van der Waals surface area contributed by atoms with Gasteiger partial charge in [-0.2, -0.15) is 11.8 Å². The van der Waals surface area contributed by atoms with E-state index < -0.39 is 0 Å². The normalized spacial score (nSPS) is 19.9. The third kappa shape index (κ3) is 3.50. The first-order valence-corrected chi connectivity index (χ1v) is 7.54. The van der Waals surface area contributed by atoms with Gasteiger partial charge in [0.15, 0.2) is 0 Å². The van der Waals surface area contributed by atoms with E-state index in [0.717, 1.165) is 17.0 Å². The molecule has 1 aliphatic heterocycles. The maximum Gasteiger partial charge on any atom is 0.104 e. The molecule has 1 aromatic carbocycles. The SMILES string of the molecule is NC(=S)c1ccc(NC2CCCSC2)c(Cl)c1. The van der Waals surface area contributed by atoms with E-state index in [2.05, 4.69) is 5.32 Å². The third-order valence-corrected chi connectivity index (χ3v) is 4.54. The molecule has 0 aliphatic carbocycles. The summed E-state index contributed by atoms with van der Waals surface area (Å²) in [6, 6.07) is 6.20. The second-order valence-corrected chi connectivity index (χ2v) is 6.11. The Hall–Kier alpha value is -0.450. The van der Waals surface area contributed by atoms with Crippen LogP contribution in [0.1, 0.15) is 18.4 Å². The van der Waals surface area contributed by atoms with Crippen LogP contribution in [0.3, 0.4) is 0 Å². The van der Waals surface area contributed by atoms with Crippen molar-refractivity contribution in [2.24, 2.45) is 5.73 Å². The van der Waals surface area contributed by atoms with Crippen molar-refractivity contribution < 1.29 is 0 Å². The summed E-state index contributed by atoms with van der Waals surface area (Å²) in [4.78, 5) is 0.381. The topological polar surface area (TPSA) is 38.0 Å². The fourth-order valence-electron chi connectivity index (χ4n) is 1.86. The van der Waals surface area contributed by atoms with Crippen LogP contribution in [0.15, 0.2) is 18.2 Å². The Bertz CT molecular complexity index is 417. The number of thiocarbonyl (C=S) groups is 1. The summed E-state index contributed by atoms with van der Waals surface area (Å²) in [5.74, 6) is 2.42. The van der Waals surface area contributed by atoms with Crippen molar-refractivity contribution in [3.05, 3.63) is 28.8 Å². The van der Waals surface area contributed by atoms with Gasteiger partial charge in [0.25, 0.3) is 0 Å². The summed E-state index contributed by atoms with van der Waals surface area (Å²) >= 11 is 13.1. The number of hydrogen-bond donors (Lipinski definition) is 2. The van der Waals surface area contributed by atoms with Crippen molar-refractivity contribution in [2.45, 2.75) is 18.9 Å². The molecule has 1 saturated heterocycles. The average Bonchev–Trinajstić information content (AvgIpc) is 2.33. The first-order valence-electron chi connectivity index (χ1n) is 5.60. The Kier molecular flexibility index (Phi) is 4.54. The van der Waals surface area contributed by atoms with Crippen molar-refractivity contribution >= 4 is 46.3 Å². The lowest BCUT2D eigenvalue weighted by Crippen LogP contribution is -2.25. The summed E-state index contributed by atoms with van der Waals surface area (Å²) in [6.45, 7) is 0. The van der Waals surface area contributed by atoms with Gasteiger partial charge in [-0.05, 0) is 36.8 Å². The van der Waals surface area contributed by atoms with E-state index in [4.69, 9.17) is 29.6 Å². The maximum atomic E-state index is 6.21. The lowest BCUT2D eigenvalue weighted by atomic mass is 10.1. The summed E-state index contributed by atoms with van der Waals surface area (Å²) in [7, 11) is 0. The molecule has 3 N–H and O–H groups in total. The number of thioether (sulfide) groups is 1. The number of halogens is 1. The van der Waals surface area contributed by atoms with E-state index in [1.54, 1.807) is 0 Å². The monoisotopic (exact) mass is 286 g/mol. The van der Waals surface area contributed by atoms with Gasteiger partial charge in [-0.3, -0.25) is 0 Å². The van der Waals surface area contributed by atoms with Crippen LogP contribution < -0.4 is 11.1 Å². The summed E-state index contributed by atoms with van der Waals surface area (Å²) in [6.07, 6.45) is 2.48. The molecule has 0 spiro atoms. The molecule has 0 aromatic heterocycles. The van der Waals surface area contributed by atoms with E-state index in [1.807, 2.05) is 30.0 Å². The Morgan fingerprint density at radius 3 is 2.94 bits per heavy atom. The lowest BCUT2D eigenvalue weighted by molar-refractivity contribution is 0.685. The van der Waals surface area contributed by atoms with Crippen molar-refractivity contribution in [1.29, 1.82) is 0 Å².